The first-order valence-corrected chi connectivity index (χ1v) is 8.60. The molecule has 124 valence electrons. The van der Waals surface area contributed by atoms with E-state index in [0.717, 1.165) is 27.0 Å². The van der Waals surface area contributed by atoms with Gasteiger partial charge in [-0.2, -0.15) is 0 Å². The lowest BCUT2D eigenvalue weighted by Crippen LogP contribution is -2.20. The number of nitrogens with one attached hydrogen (secondary N) is 2. The number of carbonyl (C=O) groups is 1. The van der Waals surface area contributed by atoms with Gasteiger partial charge in [0.05, 0.1) is 5.69 Å². The number of carbonyl (C=O) groups excluding carboxylic acids is 1. The van der Waals surface area contributed by atoms with Crippen LogP contribution in [0.25, 0.3) is 0 Å². The molecule has 0 saturated carbocycles. The van der Waals surface area contributed by atoms with Crippen molar-refractivity contribution in [2.45, 2.75) is 19.8 Å². The summed E-state index contributed by atoms with van der Waals surface area (Å²) in [6.07, 6.45) is 4.10. The quantitative estimate of drug-likeness (QED) is 0.673. The highest BCUT2D eigenvalue weighted by Gasteiger charge is 2.19. The molecule has 0 bridgehead atoms. The summed E-state index contributed by atoms with van der Waals surface area (Å²) in [6.45, 7) is 4.60. The minimum atomic E-state index is -0.299. The lowest BCUT2D eigenvalue weighted by Gasteiger charge is -2.17. The van der Waals surface area contributed by atoms with Gasteiger partial charge in [0, 0.05) is 21.6 Å². The number of fused-ring (bicyclic) bond motifs is 1. The van der Waals surface area contributed by atoms with Gasteiger partial charge >= 0.3 is 6.03 Å². The predicted molar refractivity (Wildman–Crippen MR) is 101 cm³/mol. The van der Waals surface area contributed by atoms with Crippen molar-refractivity contribution in [2.75, 3.05) is 17.2 Å². The van der Waals surface area contributed by atoms with Crippen LogP contribution in [0.4, 0.5) is 16.2 Å². The van der Waals surface area contributed by atoms with Crippen molar-refractivity contribution < 1.29 is 9.53 Å². The van der Waals surface area contributed by atoms with E-state index in [2.05, 4.69) is 39.6 Å². The van der Waals surface area contributed by atoms with Crippen LogP contribution in [0.3, 0.4) is 0 Å². The molecule has 2 N–H and O–H groups in total. The number of rotatable bonds is 2. The maximum Gasteiger partial charge on any atom is 0.323 e. The molecule has 0 radical (unpaired) electrons. The van der Waals surface area contributed by atoms with Crippen molar-refractivity contribution >= 4 is 33.3 Å². The lowest BCUT2D eigenvalue weighted by molar-refractivity contribution is 0.262. The molecule has 0 aromatic heterocycles. The van der Waals surface area contributed by atoms with E-state index < -0.39 is 0 Å². The largest absolute Gasteiger partial charge is 0.487 e. The zero-order valence-electron chi connectivity index (χ0n) is 13.6. The number of hydrogen-bond donors (Lipinski definition) is 2. The number of amides is 2. The summed E-state index contributed by atoms with van der Waals surface area (Å²) >= 11 is 3.51. The first kappa shape index (κ1) is 16.6. The fraction of sp³-hybridized carbons (Fsp3) is 0.211. The molecule has 0 spiro atoms. The number of hydrogen-bond acceptors (Lipinski definition) is 2. The van der Waals surface area contributed by atoms with Gasteiger partial charge in [-0.15, -0.1) is 0 Å². The molecule has 0 aliphatic carbocycles. The van der Waals surface area contributed by atoms with E-state index in [-0.39, 0.29) is 11.9 Å². The Morgan fingerprint density at radius 3 is 2.71 bits per heavy atom. The van der Waals surface area contributed by atoms with Crippen molar-refractivity contribution in [2.24, 2.45) is 0 Å². The van der Waals surface area contributed by atoms with E-state index in [0.29, 0.717) is 12.3 Å². The highest BCUT2D eigenvalue weighted by Crippen LogP contribution is 2.39. The molecule has 1 heterocycles. The summed E-state index contributed by atoms with van der Waals surface area (Å²) < 4.78 is 6.72. The van der Waals surface area contributed by atoms with E-state index in [9.17, 15) is 4.79 Å². The summed E-state index contributed by atoms with van der Waals surface area (Å²) in [5.74, 6) is 0.940. The molecule has 0 saturated heterocycles. The van der Waals surface area contributed by atoms with Crippen molar-refractivity contribution in [3.8, 4) is 5.75 Å². The summed E-state index contributed by atoms with van der Waals surface area (Å²) in [7, 11) is 0. The second kappa shape index (κ2) is 7.09. The van der Waals surface area contributed by atoms with E-state index in [1.54, 1.807) is 0 Å². The predicted octanol–water partition coefficient (Wildman–Crippen LogP) is 5.45. The van der Waals surface area contributed by atoms with Crippen LogP contribution in [0.5, 0.6) is 5.75 Å². The maximum atomic E-state index is 12.3. The van der Waals surface area contributed by atoms with Crippen LogP contribution >= 0.6 is 15.9 Å². The minimum Gasteiger partial charge on any atom is -0.487 e. The van der Waals surface area contributed by atoms with E-state index in [4.69, 9.17) is 4.74 Å². The molecule has 24 heavy (non-hydrogen) atoms. The second-order valence-corrected chi connectivity index (χ2v) is 6.76. The SMILES string of the molecule is Cc1ccc(NC(=O)Nc2cc(Br)cc3c2OCC=C[C@@H]3C)cc1. The van der Waals surface area contributed by atoms with Gasteiger partial charge in [0.15, 0.2) is 0 Å². The third-order valence-corrected chi connectivity index (χ3v) is 4.34. The van der Waals surface area contributed by atoms with Crippen LogP contribution in [0.2, 0.25) is 0 Å². The molecular formula is C19H19BrN2O2. The van der Waals surface area contributed by atoms with E-state index >= 15 is 0 Å². The first-order chi connectivity index (χ1) is 11.5. The summed E-state index contributed by atoms with van der Waals surface area (Å²) in [4.78, 5) is 12.3. The molecule has 1 aliphatic heterocycles. The molecule has 4 nitrogen and oxygen atoms in total. The van der Waals surface area contributed by atoms with Crippen LogP contribution in [0.15, 0.2) is 53.0 Å². The third kappa shape index (κ3) is 3.79. The Hall–Kier alpha value is -2.27. The molecule has 2 aromatic rings. The monoisotopic (exact) mass is 386 g/mol. The highest BCUT2D eigenvalue weighted by atomic mass is 79.9. The van der Waals surface area contributed by atoms with Crippen molar-refractivity contribution in [3.05, 3.63) is 64.1 Å². The Morgan fingerprint density at radius 2 is 1.96 bits per heavy atom. The molecule has 2 aromatic carbocycles. The zero-order valence-corrected chi connectivity index (χ0v) is 15.2. The van der Waals surface area contributed by atoms with E-state index in [1.807, 2.05) is 49.4 Å². The number of halogens is 1. The summed E-state index contributed by atoms with van der Waals surface area (Å²) in [5, 5.41) is 5.72. The van der Waals surface area contributed by atoms with Crippen LogP contribution < -0.4 is 15.4 Å². The van der Waals surface area contributed by atoms with Crippen molar-refractivity contribution in [1.82, 2.24) is 0 Å². The van der Waals surface area contributed by atoms with Gasteiger partial charge in [0.1, 0.15) is 12.4 Å². The Balaban J connectivity index is 1.82. The number of aryl methyl sites for hydroxylation is 1. The minimum absolute atomic E-state index is 0.223. The molecule has 3 rings (SSSR count). The second-order valence-electron chi connectivity index (χ2n) is 5.84. The number of allylic oxidation sites excluding steroid dienone is 1. The molecule has 5 heteroatoms. The lowest BCUT2D eigenvalue weighted by atomic mass is 9.99. The number of urea groups is 1. The Bertz CT molecular complexity index is 785. The molecule has 0 unspecified atom stereocenters. The van der Waals surface area contributed by atoms with Crippen LogP contribution in [-0.4, -0.2) is 12.6 Å². The zero-order chi connectivity index (χ0) is 17.1. The molecule has 1 atom stereocenters. The van der Waals surface area contributed by atoms with Gasteiger partial charge in [-0.1, -0.05) is 52.7 Å². The Labute approximate surface area is 150 Å². The van der Waals surface area contributed by atoms with Gasteiger partial charge in [0.25, 0.3) is 0 Å². The van der Waals surface area contributed by atoms with Gasteiger partial charge in [0.2, 0.25) is 0 Å². The van der Waals surface area contributed by atoms with Gasteiger partial charge in [-0.25, -0.2) is 4.79 Å². The summed E-state index contributed by atoms with van der Waals surface area (Å²) in [5.41, 5.74) is 3.59. The smallest absolute Gasteiger partial charge is 0.323 e. The average molecular weight is 387 g/mol. The van der Waals surface area contributed by atoms with Gasteiger partial charge < -0.3 is 15.4 Å². The van der Waals surface area contributed by atoms with Crippen LogP contribution in [0, 0.1) is 6.92 Å². The van der Waals surface area contributed by atoms with Gasteiger partial charge in [-0.05, 0) is 31.2 Å². The highest BCUT2D eigenvalue weighted by molar-refractivity contribution is 9.10. The third-order valence-electron chi connectivity index (χ3n) is 3.88. The Morgan fingerprint density at radius 1 is 1.21 bits per heavy atom. The maximum absolute atomic E-state index is 12.3. The number of ether oxygens (including phenoxy) is 1. The fourth-order valence-electron chi connectivity index (χ4n) is 2.62. The molecule has 2 amide bonds. The number of anilines is 2. The first-order valence-electron chi connectivity index (χ1n) is 7.80. The molecule has 1 aliphatic rings. The average Bonchev–Trinajstić information content (AvgIpc) is 2.72. The van der Waals surface area contributed by atoms with Gasteiger partial charge in [-0.3, -0.25) is 0 Å². The standard InChI is InChI=1S/C19H19BrN2O2/c1-12-5-7-15(8-6-12)21-19(23)22-17-11-14(20)10-16-13(2)4-3-9-24-18(16)17/h3-8,10-11,13H,9H2,1-2H3,(H2,21,22,23)/t13-/m0/s1. The normalized spacial score (nSPS) is 15.9. The van der Waals surface area contributed by atoms with Crippen molar-refractivity contribution in [1.29, 1.82) is 0 Å². The Kier molecular flexibility index (Phi) is 4.90. The van der Waals surface area contributed by atoms with Crippen molar-refractivity contribution in [3.63, 3.8) is 0 Å². The topological polar surface area (TPSA) is 50.4 Å². The molecular weight excluding hydrogens is 368 g/mol. The summed E-state index contributed by atoms with van der Waals surface area (Å²) in [6, 6.07) is 11.2. The van der Waals surface area contributed by atoms with Crippen LogP contribution in [0.1, 0.15) is 24.0 Å². The molecule has 0 fully saturated rings. The van der Waals surface area contributed by atoms with Crippen LogP contribution in [-0.2, 0) is 0 Å². The van der Waals surface area contributed by atoms with E-state index in [1.165, 1.54) is 0 Å². The number of benzene rings is 2. The fourth-order valence-corrected chi connectivity index (χ4v) is 3.10.